The second-order valence-electron chi connectivity index (χ2n) is 9.16. The van der Waals surface area contributed by atoms with Gasteiger partial charge in [0.25, 0.3) is 5.56 Å². The van der Waals surface area contributed by atoms with Crippen molar-refractivity contribution in [3.63, 3.8) is 0 Å². The van der Waals surface area contributed by atoms with Crippen LogP contribution in [0.25, 0.3) is 11.8 Å². The van der Waals surface area contributed by atoms with Gasteiger partial charge in [-0.05, 0) is 65.4 Å². The van der Waals surface area contributed by atoms with Gasteiger partial charge in [0, 0.05) is 5.56 Å². The summed E-state index contributed by atoms with van der Waals surface area (Å²) in [6, 6.07) is 19.3. The summed E-state index contributed by atoms with van der Waals surface area (Å²) in [6.45, 7) is 0. The molecule has 3 aromatic carbocycles. The highest BCUT2D eigenvalue weighted by Crippen LogP contribution is 2.41. The van der Waals surface area contributed by atoms with Crippen molar-refractivity contribution in [2.45, 2.75) is 18.9 Å². The maximum atomic E-state index is 13.9. The van der Waals surface area contributed by atoms with Crippen molar-refractivity contribution in [2.75, 3.05) is 21.3 Å². The van der Waals surface area contributed by atoms with E-state index < -0.39 is 0 Å². The number of phenols is 1. The van der Waals surface area contributed by atoms with Crippen LogP contribution in [-0.4, -0.2) is 31.0 Å². The molecule has 8 heteroatoms. The molecule has 2 heterocycles. The van der Waals surface area contributed by atoms with E-state index in [9.17, 15) is 9.90 Å². The van der Waals surface area contributed by atoms with Gasteiger partial charge in [0.15, 0.2) is 16.3 Å². The summed E-state index contributed by atoms with van der Waals surface area (Å²) in [7, 11) is 4.59. The van der Waals surface area contributed by atoms with Crippen LogP contribution in [0.3, 0.4) is 0 Å². The monoisotopic (exact) mass is 526 g/mol. The molecule has 0 saturated heterocycles. The average molecular weight is 527 g/mol. The highest BCUT2D eigenvalue weighted by molar-refractivity contribution is 7.07. The molecule has 6 rings (SSSR count). The summed E-state index contributed by atoms with van der Waals surface area (Å²) >= 11 is 1.35. The Bertz CT molecular complexity index is 1740. The zero-order valence-electron chi connectivity index (χ0n) is 21.2. The predicted molar refractivity (Wildman–Crippen MR) is 147 cm³/mol. The minimum Gasteiger partial charge on any atom is -0.502 e. The summed E-state index contributed by atoms with van der Waals surface area (Å²) in [6.07, 6.45) is 3.51. The molecule has 0 bridgehead atoms. The number of thiazole rings is 1. The van der Waals surface area contributed by atoms with Crippen molar-refractivity contribution in [1.29, 1.82) is 0 Å². The van der Waals surface area contributed by atoms with Crippen molar-refractivity contribution in [2.24, 2.45) is 4.99 Å². The molecule has 192 valence electrons. The number of ether oxygens (including phenoxy) is 3. The summed E-state index contributed by atoms with van der Waals surface area (Å²) in [4.78, 5) is 19.6. The third-order valence-corrected chi connectivity index (χ3v) is 8.09. The van der Waals surface area contributed by atoms with Gasteiger partial charge in [0.05, 0.1) is 37.6 Å². The van der Waals surface area contributed by atoms with E-state index in [1.54, 1.807) is 29.9 Å². The van der Waals surface area contributed by atoms with Crippen molar-refractivity contribution in [3.8, 4) is 23.0 Å². The molecule has 0 saturated carbocycles. The highest BCUT2D eigenvalue weighted by Gasteiger charge is 2.32. The van der Waals surface area contributed by atoms with Gasteiger partial charge in [0.1, 0.15) is 5.75 Å². The number of benzene rings is 3. The molecule has 38 heavy (non-hydrogen) atoms. The number of aromatic nitrogens is 1. The molecule has 7 nitrogen and oxygen atoms in total. The number of rotatable bonds is 5. The molecule has 4 aromatic rings. The van der Waals surface area contributed by atoms with Gasteiger partial charge in [-0.1, -0.05) is 47.7 Å². The molecule has 0 radical (unpaired) electrons. The van der Waals surface area contributed by atoms with Crippen molar-refractivity contribution in [3.05, 3.63) is 108 Å². The second kappa shape index (κ2) is 9.54. The lowest BCUT2D eigenvalue weighted by Crippen LogP contribution is -2.38. The number of aryl methyl sites for hydroxylation is 1. The second-order valence-corrected chi connectivity index (χ2v) is 10.2. The number of hydrogen-bond acceptors (Lipinski definition) is 7. The molecule has 0 unspecified atom stereocenters. The Labute approximate surface area is 223 Å². The third kappa shape index (κ3) is 3.88. The molecular weight excluding hydrogens is 500 g/mol. The molecule has 1 N–H and O–H groups in total. The summed E-state index contributed by atoms with van der Waals surface area (Å²) in [5.74, 6) is 1.22. The number of hydrogen-bond donors (Lipinski definition) is 1. The van der Waals surface area contributed by atoms with E-state index in [0.29, 0.717) is 14.9 Å². The molecule has 2 aliphatic rings. The number of nitrogens with zero attached hydrogens (tertiary/aromatic N) is 2. The first-order valence-electron chi connectivity index (χ1n) is 12.2. The van der Waals surface area contributed by atoms with E-state index in [0.717, 1.165) is 41.0 Å². The van der Waals surface area contributed by atoms with Crippen LogP contribution in [0.2, 0.25) is 0 Å². The minimum absolute atomic E-state index is 0.0838. The maximum Gasteiger partial charge on any atom is 0.271 e. The lowest BCUT2D eigenvalue weighted by Gasteiger charge is -2.30. The molecule has 0 amide bonds. The number of methoxy groups -OCH3 is 3. The topological polar surface area (TPSA) is 82.3 Å². The first kappa shape index (κ1) is 24.1. The van der Waals surface area contributed by atoms with Gasteiger partial charge in [0.2, 0.25) is 5.75 Å². The van der Waals surface area contributed by atoms with Crippen LogP contribution in [0, 0.1) is 0 Å². The Kier molecular flexibility index (Phi) is 6.04. The molecular formula is C30H26N2O5S. The normalized spacial score (nSPS) is 16.3. The van der Waals surface area contributed by atoms with Crippen molar-refractivity contribution in [1.82, 2.24) is 4.57 Å². The Morgan fingerprint density at radius 2 is 1.68 bits per heavy atom. The van der Waals surface area contributed by atoms with Crippen LogP contribution in [-0.2, 0) is 6.42 Å². The van der Waals surface area contributed by atoms with Gasteiger partial charge in [-0.2, -0.15) is 0 Å². The van der Waals surface area contributed by atoms with Crippen molar-refractivity contribution < 1.29 is 19.3 Å². The summed E-state index contributed by atoms with van der Waals surface area (Å²) < 4.78 is 18.3. The smallest absolute Gasteiger partial charge is 0.271 e. The highest BCUT2D eigenvalue weighted by atomic mass is 32.1. The van der Waals surface area contributed by atoms with Crippen LogP contribution in [0.5, 0.6) is 23.0 Å². The minimum atomic E-state index is -0.272. The molecule has 1 aliphatic heterocycles. The zero-order chi connectivity index (χ0) is 26.4. The van der Waals surface area contributed by atoms with E-state index in [4.69, 9.17) is 19.2 Å². The molecule has 0 fully saturated rings. The Morgan fingerprint density at radius 3 is 2.37 bits per heavy atom. The van der Waals surface area contributed by atoms with Crippen molar-refractivity contribution >= 4 is 23.1 Å². The predicted octanol–water partition coefficient (Wildman–Crippen LogP) is 4.05. The largest absolute Gasteiger partial charge is 0.502 e. The quantitative estimate of drug-likeness (QED) is 0.424. The molecule has 1 aliphatic carbocycles. The van der Waals surface area contributed by atoms with E-state index in [1.165, 1.54) is 31.1 Å². The van der Waals surface area contributed by atoms with Crippen LogP contribution < -0.4 is 29.1 Å². The van der Waals surface area contributed by atoms with Gasteiger partial charge in [-0.15, -0.1) is 0 Å². The number of phenolic OH excluding ortho intramolecular Hbond substituents is 1. The fourth-order valence-electron chi connectivity index (χ4n) is 5.26. The van der Waals surface area contributed by atoms with Crippen LogP contribution in [0.15, 0.2) is 76.0 Å². The maximum absolute atomic E-state index is 13.9. The van der Waals surface area contributed by atoms with E-state index in [1.807, 2.05) is 30.3 Å². The van der Waals surface area contributed by atoms with Crippen LogP contribution >= 0.6 is 11.3 Å². The number of fused-ring (bicyclic) bond motifs is 3. The van der Waals surface area contributed by atoms with E-state index in [-0.39, 0.29) is 28.8 Å². The van der Waals surface area contributed by atoms with E-state index >= 15 is 0 Å². The van der Waals surface area contributed by atoms with Gasteiger partial charge in [-0.25, -0.2) is 4.99 Å². The molecule has 0 spiro atoms. The third-order valence-electron chi connectivity index (χ3n) is 7.10. The van der Waals surface area contributed by atoms with E-state index in [2.05, 4.69) is 18.2 Å². The fraction of sp³-hybridized carbons (Fsp3) is 0.200. The number of aromatic hydroxyl groups is 1. The number of allylic oxidation sites excluding steroid dienone is 1. The summed E-state index contributed by atoms with van der Waals surface area (Å²) in [5.41, 5.74) is 6.05. The first-order chi connectivity index (χ1) is 18.5. The lowest BCUT2D eigenvalue weighted by atomic mass is 9.83. The standard InChI is InChI=1S/C30H26N2O5S/c1-35-20-11-8-19(9-12-20)27-22-13-10-18-6-4-5-7-21(18)26(22)31-30-32(27)29(34)25(38-30)16-17-14-23(36-2)28(33)24(15-17)37-3/h4-9,11-12,14-16,27,33H,10,13H2,1-3H3/b25-16-/t27-/m0/s1. The Hall–Kier alpha value is -4.30. The van der Waals surface area contributed by atoms with Gasteiger partial charge >= 0.3 is 0 Å². The first-order valence-corrected chi connectivity index (χ1v) is 13.1. The Morgan fingerprint density at radius 1 is 0.974 bits per heavy atom. The molecule has 1 aromatic heterocycles. The fourth-order valence-corrected chi connectivity index (χ4v) is 6.26. The zero-order valence-corrected chi connectivity index (χ0v) is 22.0. The van der Waals surface area contributed by atoms with Crippen LogP contribution in [0.1, 0.15) is 34.7 Å². The van der Waals surface area contributed by atoms with Gasteiger partial charge < -0.3 is 19.3 Å². The average Bonchev–Trinajstić information content (AvgIpc) is 3.26. The summed E-state index contributed by atoms with van der Waals surface area (Å²) in [5, 5.41) is 10.3. The lowest BCUT2D eigenvalue weighted by molar-refractivity contribution is 0.340. The SMILES string of the molecule is COc1ccc([C@H]2C3=C(N=c4s/c(=C\c5cc(OC)c(O)c(OC)c5)c(=O)n42)c2ccccc2CC3)cc1. The Balaban J connectivity index is 1.59. The van der Waals surface area contributed by atoms with Crippen LogP contribution in [0.4, 0.5) is 0 Å². The van der Waals surface area contributed by atoms with Gasteiger partial charge in [-0.3, -0.25) is 9.36 Å². The molecule has 1 atom stereocenters.